The summed E-state index contributed by atoms with van der Waals surface area (Å²) in [5.74, 6) is 2.32. The molecule has 1 saturated carbocycles. The maximum absolute atomic E-state index is 2.69. The summed E-state index contributed by atoms with van der Waals surface area (Å²) in [6.45, 7) is 12.1. The minimum absolute atomic E-state index is 0.0739. The molecule has 4 atom stereocenters. The van der Waals surface area contributed by atoms with E-state index in [0.29, 0.717) is 0 Å². The second kappa shape index (κ2) is 6.84. The lowest BCUT2D eigenvalue weighted by Crippen LogP contribution is -2.67. The Morgan fingerprint density at radius 3 is 2.67 bits per heavy atom. The van der Waals surface area contributed by atoms with Crippen LogP contribution in [-0.2, 0) is 11.0 Å². The van der Waals surface area contributed by atoms with Gasteiger partial charge >= 0.3 is 0 Å². The zero-order chi connectivity index (χ0) is 21.1. The molecule has 2 aliphatic heterocycles. The van der Waals surface area contributed by atoms with Crippen molar-refractivity contribution >= 4 is 16.6 Å². The molecule has 30 heavy (non-hydrogen) atoms. The number of benzene rings is 1. The van der Waals surface area contributed by atoms with Gasteiger partial charge in [0, 0.05) is 11.5 Å². The van der Waals surface area contributed by atoms with E-state index in [1.54, 1.807) is 5.56 Å². The molecule has 0 saturated heterocycles. The molecule has 2 heteroatoms. The molecule has 2 aromatic rings. The Balaban J connectivity index is 1.75. The number of anilines is 1. The van der Waals surface area contributed by atoms with Crippen LogP contribution in [0.3, 0.4) is 0 Å². The molecular weight excluding hydrogens is 364 g/mol. The number of aromatic nitrogens is 1. The van der Waals surface area contributed by atoms with Crippen molar-refractivity contribution in [2.24, 2.45) is 5.92 Å². The predicted molar refractivity (Wildman–Crippen MR) is 127 cm³/mol. The molecule has 1 aromatic heterocycles. The Hall–Kier alpha value is -1.83. The number of fused-ring (bicyclic) bond motifs is 1. The molecule has 4 unspecified atom stereocenters. The summed E-state index contributed by atoms with van der Waals surface area (Å²) in [6.07, 6.45) is 17.8. The number of rotatable bonds is 5. The largest absolute Gasteiger partial charge is 0.290 e. The van der Waals surface area contributed by atoms with Crippen LogP contribution in [0.2, 0.25) is 0 Å². The van der Waals surface area contributed by atoms with Gasteiger partial charge in [-0.05, 0) is 62.0 Å². The van der Waals surface area contributed by atoms with E-state index in [0.717, 1.165) is 18.8 Å². The van der Waals surface area contributed by atoms with Crippen LogP contribution in [0.15, 0.2) is 42.7 Å². The molecule has 1 fully saturated rings. The Kier molecular flexibility index (Phi) is 4.58. The molecule has 3 aliphatic rings. The van der Waals surface area contributed by atoms with Crippen molar-refractivity contribution in [1.29, 1.82) is 0 Å². The number of hydrogen-bond donors (Lipinski definition) is 0. The third-order valence-corrected chi connectivity index (χ3v) is 9.50. The molecule has 1 spiro atoms. The molecule has 0 radical (unpaired) electrons. The topological polar surface area (TPSA) is 7.12 Å². The third kappa shape index (κ3) is 2.40. The molecule has 0 N–H and O–H groups in total. The lowest BCUT2D eigenvalue weighted by molar-refractivity contribution is -0.741. The Morgan fingerprint density at radius 1 is 1.10 bits per heavy atom. The number of unbranched alkanes of at least 4 members (excludes halogenated alkanes) is 1. The smallest absolute Gasteiger partial charge is 0.228 e. The fourth-order valence-electron chi connectivity index (χ4n) is 7.08. The highest BCUT2D eigenvalue weighted by atomic mass is 15.3. The van der Waals surface area contributed by atoms with Gasteiger partial charge in [-0.3, -0.25) is 0 Å². The van der Waals surface area contributed by atoms with Crippen molar-refractivity contribution < 1.29 is 4.57 Å². The van der Waals surface area contributed by atoms with Gasteiger partial charge in [0.05, 0.1) is 17.8 Å². The number of allylic oxidation sites excluding steroid dienone is 1. The van der Waals surface area contributed by atoms with Crippen LogP contribution in [0.25, 0.3) is 10.8 Å². The lowest BCUT2D eigenvalue weighted by Gasteiger charge is -2.53. The second-order valence-corrected chi connectivity index (χ2v) is 10.6. The van der Waals surface area contributed by atoms with Crippen molar-refractivity contribution in [3.05, 3.63) is 48.3 Å². The fourth-order valence-corrected chi connectivity index (χ4v) is 7.08. The second-order valence-electron chi connectivity index (χ2n) is 10.6. The summed E-state index contributed by atoms with van der Waals surface area (Å²) in [6, 6.07) is 9.39. The normalized spacial score (nSPS) is 34.3. The van der Waals surface area contributed by atoms with Crippen molar-refractivity contribution in [2.45, 2.75) is 102 Å². The zero-order valence-corrected chi connectivity index (χ0v) is 19.7. The van der Waals surface area contributed by atoms with Gasteiger partial charge in [-0.2, -0.15) is 0 Å². The van der Waals surface area contributed by atoms with E-state index in [2.05, 4.69) is 86.8 Å². The molecule has 1 aromatic carbocycles. The van der Waals surface area contributed by atoms with Gasteiger partial charge in [0.1, 0.15) is 11.1 Å². The Labute approximate surface area is 183 Å². The zero-order valence-electron chi connectivity index (χ0n) is 19.7. The van der Waals surface area contributed by atoms with Crippen LogP contribution >= 0.6 is 0 Å². The van der Waals surface area contributed by atoms with Crippen molar-refractivity contribution in [3.63, 3.8) is 0 Å². The number of pyridine rings is 1. The van der Waals surface area contributed by atoms with E-state index < -0.39 is 0 Å². The molecule has 0 amide bonds. The van der Waals surface area contributed by atoms with Crippen LogP contribution in [0, 0.1) is 5.92 Å². The first kappa shape index (κ1) is 20.1. The first-order valence-corrected chi connectivity index (χ1v) is 12.4. The maximum atomic E-state index is 2.69. The van der Waals surface area contributed by atoms with Gasteiger partial charge in [0.2, 0.25) is 0 Å². The standard InChI is InChI=1S/C28H39N2/c1-6-9-11-21-14-16-28(20-21)17-19-29-25-24-22(15-18-30(25)28)12-10-13-23(24)26(4,7-2)27(29,5)8-3/h10,12-13,15,17-19,21H,6-9,11,14,16,20H2,1-5H3/q+1. The van der Waals surface area contributed by atoms with Crippen LogP contribution in [0.4, 0.5) is 5.82 Å². The summed E-state index contributed by atoms with van der Waals surface area (Å²) in [7, 11) is 0. The van der Waals surface area contributed by atoms with Crippen LogP contribution in [0.5, 0.6) is 0 Å². The van der Waals surface area contributed by atoms with E-state index >= 15 is 0 Å². The quantitative estimate of drug-likeness (QED) is 0.488. The molecule has 160 valence electrons. The molecular formula is C28H39N2+. The van der Waals surface area contributed by atoms with E-state index in [1.165, 1.54) is 55.1 Å². The molecule has 1 aliphatic carbocycles. The summed E-state index contributed by atoms with van der Waals surface area (Å²) < 4.78 is 2.69. The van der Waals surface area contributed by atoms with Crippen molar-refractivity contribution in [1.82, 2.24) is 0 Å². The number of hydrogen-bond acceptors (Lipinski definition) is 1. The minimum Gasteiger partial charge on any atom is -0.228 e. The maximum Gasteiger partial charge on any atom is 0.290 e. The summed E-state index contributed by atoms with van der Waals surface area (Å²) in [5, 5.41) is 2.89. The third-order valence-electron chi connectivity index (χ3n) is 9.50. The molecule has 0 bridgehead atoms. The van der Waals surface area contributed by atoms with Gasteiger partial charge in [0.15, 0.2) is 0 Å². The van der Waals surface area contributed by atoms with Gasteiger partial charge < -0.3 is 0 Å². The lowest BCUT2D eigenvalue weighted by atomic mass is 9.60. The van der Waals surface area contributed by atoms with E-state index in [9.17, 15) is 0 Å². The first-order valence-electron chi connectivity index (χ1n) is 12.4. The molecule has 2 nitrogen and oxygen atoms in total. The SMILES string of the molecule is CCCCC1CCC2(C=CN3c4c5c(cccc5cc[n+]42)C(C)(CC)C3(C)CC)C1. The monoisotopic (exact) mass is 403 g/mol. The summed E-state index contributed by atoms with van der Waals surface area (Å²) in [4.78, 5) is 2.66. The average molecular weight is 404 g/mol. The predicted octanol–water partition coefficient (Wildman–Crippen LogP) is 7.00. The molecule has 3 heterocycles. The Bertz CT molecular complexity index is 1010. The molecule has 5 rings (SSSR count). The van der Waals surface area contributed by atoms with Gasteiger partial charge in [-0.25, -0.2) is 9.47 Å². The highest BCUT2D eigenvalue weighted by molar-refractivity contribution is 5.97. The average Bonchev–Trinajstić information content (AvgIpc) is 3.19. The van der Waals surface area contributed by atoms with Gasteiger partial charge in [-0.15, -0.1) is 0 Å². The summed E-state index contributed by atoms with van der Waals surface area (Å²) >= 11 is 0. The van der Waals surface area contributed by atoms with E-state index in [1.807, 2.05) is 0 Å². The fraction of sp³-hybridized carbons (Fsp3) is 0.607. The number of nitrogens with zero attached hydrogens (tertiary/aromatic N) is 2. The van der Waals surface area contributed by atoms with Crippen LogP contribution in [-0.4, -0.2) is 5.54 Å². The van der Waals surface area contributed by atoms with E-state index in [-0.39, 0.29) is 16.5 Å². The Morgan fingerprint density at radius 2 is 1.93 bits per heavy atom. The van der Waals surface area contributed by atoms with E-state index in [4.69, 9.17) is 0 Å². The van der Waals surface area contributed by atoms with Gasteiger partial charge in [-0.1, -0.05) is 65.2 Å². The summed E-state index contributed by atoms with van der Waals surface area (Å²) in [5.41, 5.74) is 1.92. The van der Waals surface area contributed by atoms with Crippen LogP contribution in [0.1, 0.15) is 91.5 Å². The first-order chi connectivity index (χ1) is 14.4. The van der Waals surface area contributed by atoms with Crippen molar-refractivity contribution in [2.75, 3.05) is 4.90 Å². The highest BCUT2D eigenvalue weighted by Crippen LogP contribution is 2.55. The van der Waals surface area contributed by atoms with Crippen LogP contribution < -0.4 is 9.47 Å². The highest BCUT2D eigenvalue weighted by Gasteiger charge is 2.59. The van der Waals surface area contributed by atoms with Gasteiger partial charge in [0.25, 0.3) is 5.82 Å². The minimum atomic E-state index is 0.0739. The van der Waals surface area contributed by atoms with Crippen molar-refractivity contribution in [3.8, 4) is 0 Å².